The summed E-state index contributed by atoms with van der Waals surface area (Å²) in [5.74, 6) is 0.760. The van der Waals surface area contributed by atoms with Crippen LogP contribution in [0.1, 0.15) is 45.6 Å². The molecule has 1 heterocycles. The van der Waals surface area contributed by atoms with Crippen molar-refractivity contribution in [2.24, 2.45) is 5.92 Å². The summed E-state index contributed by atoms with van der Waals surface area (Å²) < 4.78 is 0. The van der Waals surface area contributed by atoms with E-state index in [9.17, 15) is 0 Å². The number of thioether (sulfide) groups is 1. The van der Waals surface area contributed by atoms with Crippen molar-refractivity contribution < 1.29 is 0 Å². The molecule has 0 spiro atoms. The van der Waals surface area contributed by atoms with Gasteiger partial charge >= 0.3 is 0 Å². The Kier molecular flexibility index (Phi) is 5.50. The van der Waals surface area contributed by atoms with Crippen LogP contribution in [0, 0.1) is 17.2 Å². The SMILES string of the molecule is CC(C)Sc1cncc(C(CC#N)C(C)C)c1. The molecule has 0 bridgehead atoms. The normalized spacial score (nSPS) is 12.8. The summed E-state index contributed by atoms with van der Waals surface area (Å²) in [5.41, 5.74) is 1.19. The molecule has 1 aromatic rings. The first-order chi connectivity index (χ1) is 8.04. The molecule has 0 saturated heterocycles. The maximum Gasteiger partial charge on any atom is 0.0628 e. The van der Waals surface area contributed by atoms with Gasteiger partial charge in [0.1, 0.15) is 0 Å². The Hall–Kier alpha value is -1.01. The molecule has 0 aliphatic rings. The highest BCUT2D eigenvalue weighted by molar-refractivity contribution is 7.99. The molecule has 1 rings (SSSR count). The number of nitriles is 1. The van der Waals surface area contributed by atoms with E-state index in [1.54, 1.807) is 0 Å². The van der Waals surface area contributed by atoms with Crippen LogP contribution in [0.4, 0.5) is 0 Å². The monoisotopic (exact) mass is 248 g/mol. The fourth-order valence-electron chi connectivity index (χ4n) is 1.81. The Labute approximate surface area is 108 Å². The standard InChI is InChI=1S/C14H20N2S/c1-10(2)14(5-6-15)12-7-13(9-16-8-12)17-11(3)4/h7-11,14H,5H2,1-4H3. The molecular weight excluding hydrogens is 228 g/mol. The van der Waals surface area contributed by atoms with E-state index in [0.29, 0.717) is 23.5 Å². The summed E-state index contributed by atoms with van der Waals surface area (Å²) in [4.78, 5) is 5.49. The fourth-order valence-corrected chi connectivity index (χ4v) is 2.68. The van der Waals surface area contributed by atoms with Gasteiger partial charge in [0.15, 0.2) is 0 Å². The molecule has 17 heavy (non-hydrogen) atoms. The second-order valence-corrected chi connectivity index (χ2v) is 6.48. The van der Waals surface area contributed by atoms with E-state index >= 15 is 0 Å². The van der Waals surface area contributed by atoms with Crippen LogP contribution in [-0.4, -0.2) is 10.2 Å². The summed E-state index contributed by atoms with van der Waals surface area (Å²) in [6.45, 7) is 8.66. The fraction of sp³-hybridized carbons (Fsp3) is 0.571. The number of nitrogens with zero attached hydrogens (tertiary/aromatic N) is 2. The molecule has 1 aromatic heterocycles. The zero-order chi connectivity index (χ0) is 12.8. The van der Waals surface area contributed by atoms with Gasteiger partial charge in [-0.3, -0.25) is 4.98 Å². The molecule has 1 unspecified atom stereocenters. The van der Waals surface area contributed by atoms with Crippen LogP contribution >= 0.6 is 11.8 Å². The maximum absolute atomic E-state index is 8.89. The summed E-state index contributed by atoms with van der Waals surface area (Å²) in [5, 5.41) is 9.44. The van der Waals surface area contributed by atoms with Gasteiger partial charge in [0, 0.05) is 34.9 Å². The second-order valence-electron chi connectivity index (χ2n) is 4.83. The minimum Gasteiger partial charge on any atom is -0.263 e. The topological polar surface area (TPSA) is 36.7 Å². The van der Waals surface area contributed by atoms with Gasteiger partial charge in [-0.2, -0.15) is 5.26 Å². The Balaban J connectivity index is 2.92. The Morgan fingerprint density at radius 3 is 2.53 bits per heavy atom. The lowest BCUT2D eigenvalue weighted by Gasteiger charge is -2.18. The molecule has 1 atom stereocenters. The Morgan fingerprint density at radius 2 is 2.00 bits per heavy atom. The third kappa shape index (κ3) is 4.40. The molecular formula is C14H20N2S. The summed E-state index contributed by atoms with van der Waals surface area (Å²) in [6, 6.07) is 4.45. The molecule has 0 amide bonds. The van der Waals surface area contributed by atoms with Crippen LogP contribution < -0.4 is 0 Å². The zero-order valence-electron chi connectivity index (χ0n) is 11.0. The summed E-state index contributed by atoms with van der Waals surface area (Å²) in [7, 11) is 0. The van der Waals surface area contributed by atoms with E-state index in [2.05, 4.69) is 44.8 Å². The van der Waals surface area contributed by atoms with Crippen LogP contribution in [0.3, 0.4) is 0 Å². The van der Waals surface area contributed by atoms with Gasteiger partial charge in [-0.25, -0.2) is 0 Å². The molecule has 0 saturated carbocycles. The van der Waals surface area contributed by atoms with Crippen molar-refractivity contribution in [3.63, 3.8) is 0 Å². The third-order valence-corrected chi connectivity index (χ3v) is 3.62. The second kappa shape index (κ2) is 6.66. The maximum atomic E-state index is 8.89. The molecule has 0 aliphatic heterocycles. The lowest BCUT2D eigenvalue weighted by molar-refractivity contribution is 0.504. The lowest BCUT2D eigenvalue weighted by Crippen LogP contribution is -2.06. The van der Waals surface area contributed by atoms with Gasteiger partial charge in [-0.05, 0) is 17.5 Å². The minimum absolute atomic E-state index is 0.292. The van der Waals surface area contributed by atoms with E-state index in [4.69, 9.17) is 5.26 Å². The first-order valence-electron chi connectivity index (χ1n) is 6.03. The molecule has 2 nitrogen and oxygen atoms in total. The predicted octanol–water partition coefficient (Wildman–Crippen LogP) is 4.24. The highest BCUT2D eigenvalue weighted by Gasteiger charge is 2.16. The van der Waals surface area contributed by atoms with Crippen LogP contribution in [-0.2, 0) is 0 Å². The Bertz CT molecular complexity index is 393. The average molecular weight is 248 g/mol. The molecule has 0 aliphatic carbocycles. The van der Waals surface area contributed by atoms with E-state index in [0.717, 1.165) is 0 Å². The van der Waals surface area contributed by atoms with Crippen molar-refractivity contribution in [3.05, 3.63) is 24.0 Å². The molecule has 0 radical (unpaired) electrons. The first kappa shape index (κ1) is 14.1. The average Bonchev–Trinajstić information content (AvgIpc) is 2.24. The van der Waals surface area contributed by atoms with Crippen LogP contribution in [0.25, 0.3) is 0 Å². The van der Waals surface area contributed by atoms with Gasteiger partial charge in [-0.1, -0.05) is 27.7 Å². The van der Waals surface area contributed by atoms with Crippen LogP contribution in [0.5, 0.6) is 0 Å². The predicted molar refractivity (Wildman–Crippen MR) is 73.0 cm³/mol. The Morgan fingerprint density at radius 1 is 1.29 bits per heavy atom. The number of hydrogen-bond acceptors (Lipinski definition) is 3. The van der Waals surface area contributed by atoms with Crippen molar-refractivity contribution in [2.75, 3.05) is 0 Å². The van der Waals surface area contributed by atoms with Gasteiger partial charge < -0.3 is 0 Å². The van der Waals surface area contributed by atoms with E-state index in [1.807, 2.05) is 24.2 Å². The highest BCUT2D eigenvalue weighted by atomic mass is 32.2. The van der Waals surface area contributed by atoms with Gasteiger partial charge in [-0.15, -0.1) is 11.8 Å². The van der Waals surface area contributed by atoms with Gasteiger partial charge in [0.25, 0.3) is 0 Å². The number of aromatic nitrogens is 1. The zero-order valence-corrected chi connectivity index (χ0v) is 11.8. The smallest absolute Gasteiger partial charge is 0.0628 e. The van der Waals surface area contributed by atoms with E-state index < -0.39 is 0 Å². The minimum atomic E-state index is 0.292. The number of rotatable bonds is 5. The molecule has 0 N–H and O–H groups in total. The third-order valence-electron chi connectivity index (χ3n) is 2.65. The number of pyridine rings is 1. The quantitative estimate of drug-likeness (QED) is 0.731. The summed E-state index contributed by atoms with van der Waals surface area (Å²) in [6.07, 6.45) is 4.36. The van der Waals surface area contributed by atoms with Crippen molar-refractivity contribution >= 4 is 11.8 Å². The highest BCUT2D eigenvalue weighted by Crippen LogP contribution is 2.30. The van der Waals surface area contributed by atoms with Gasteiger partial charge in [0.2, 0.25) is 0 Å². The molecule has 0 aromatic carbocycles. The first-order valence-corrected chi connectivity index (χ1v) is 6.91. The van der Waals surface area contributed by atoms with Crippen molar-refractivity contribution in [1.29, 1.82) is 5.26 Å². The molecule has 3 heteroatoms. The van der Waals surface area contributed by atoms with E-state index in [-0.39, 0.29) is 0 Å². The summed E-state index contributed by atoms with van der Waals surface area (Å²) >= 11 is 1.81. The molecule has 0 fully saturated rings. The van der Waals surface area contributed by atoms with Crippen molar-refractivity contribution in [1.82, 2.24) is 4.98 Å². The van der Waals surface area contributed by atoms with Crippen molar-refractivity contribution in [2.45, 2.75) is 50.2 Å². The van der Waals surface area contributed by atoms with E-state index in [1.165, 1.54) is 10.5 Å². The largest absolute Gasteiger partial charge is 0.263 e. The van der Waals surface area contributed by atoms with Crippen molar-refractivity contribution in [3.8, 4) is 6.07 Å². The van der Waals surface area contributed by atoms with Crippen LogP contribution in [0.15, 0.2) is 23.4 Å². The lowest BCUT2D eigenvalue weighted by atomic mass is 9.87. The molecule has 92 valence electrons. The number of hydrogen-bond donors (Lipinski definition) is 0. The van der Waals surface area contributed by atoms with Crippen LogP contribution in [0.2, 0.25) is 0 Å². The van der Waals surface area contributed by atoms with Gasteiger partial charge in [0.05, 0.1) is 6.07 Å².